The fourth-order valence-electron chi connectivity index (χ4n) is 0. The van der Waals surface area contributed by atoms with E-state index in [4.69, 9.17) is 0 Å². The van der Waals surface area contributed by atoms with Crippen molar-refractivity contribution in [3.05, 3.63) is 0 Å². The van der Waals surface area contributed by atoms with Crippen LogP contribution in [0.15, 0.2) is 4.90 Å². The average molecular weight is 60.8 g/mol. The summed E-state index contributed by atoms with van der Waals surface area (Å²) in [6.07, 6.45) is 0. The second kappa shape index (κ2) is 9.28. The molecule has 0 heterocycles. The molecular weight excluding hydrogens is 59.8 g/mol. The molecule has 0 N–H and O–H groups in total. The van der Waals surface area contributed by atoms with Crippen LogP contribution < -0.4 is 29.6 Å². The van der Waals surface area contributed by atoms with Gasteiger partial charge in [-0.1, -0.05) is 0 Å². The molecule has 0 atom stereocenters. The zero-order chi connectivity index (χ0) is 2.71. The molecule has 0 saturated carbocycles. The molecule has 0 aliphatic rings. The third-order valence-corrected chi connectivity index (χ3v) is 0. The molecule has 14 valence electrons. The number of nitrogens with zero attached hydrogens (tertiary/aromatic N) is 1. The van der Waals surface area contributed by atoms with Crippen LogP contribution >= 0.6 is 0 Å². The fraction of sp³-hybridized carbons (Fsp3) is 0. The third-order valence-electron chi connectivity index (χ3n) is 0. The van der Waals surface area contributed by atoms with E-state index in [2.05, 4.69) is 19.6 Å². The molecule has 0 spiro atoms. The molecule has 0 aliphatic heterocycles. The Morgan fingerprint density at radius 2 is 1.75 bits per heavy atom. The Kier molecular flexibility index (Phi) is 20.5. The first-order valence-electron chi connectivity index (χ1n) is 0.516. The molecule has 1 nitrogen and oxygen atoms in total. The molecule has 0 aromatic heterocycles. The first kappa shape index (κ1) is 8.83. The van der Waals surface area contributed by atoms with Crippen molar-refractivity contribution in [2.24, 2.45) is 4.90 Å². The standard InChI is InChI=1S/CHBN.Na/c1-3-2;/h1H;/q-1;+1. The molecule has 0 unspecified atom stereocenters. The molecule has 0 aliphatic carbocycles. The first-order valence-corrected chi connectivity index (χ1v) is 0.516. The maximum Gasteiger partial charge on any atom is 1.00 e. The Hall–Kier alpha value is 0.735. The minimum atomic E-state index is 0. The van der Waals surface area contributed by atoms with Gasteiger partial charge in [-0.2, -0.15) is 0 Å². The zero-order valence-electron chi connectivity index (χ0n) is 2.60. The van der Waals surface area contributed by atoms with E-state index in [-0.39, 0.29) is 29.6 Å². The Labute approximate surface area is 49.2 Å². The van der Waals surface area contributed by atoms with Gasteiger partial charge < -0.3 is 11.6 Å². The van der Waals surface area contributed by atoms with Crippen molar-refractivity contribution in [1.29, 1.82) is 0 Å². The van der Waals surface area contributed by atoms with Crippen molar-refractivity contribution in [1.82, 2.24) is 0 Å². The predicted octanol–water partition coefficient (Wildman–Crippen LogP) is -3.35. The van der Waals surface area contributed by atoms with Crippen molar-refractivity contribution >= 4 is 14.7 Å². The van der Waals surface area contributed by atoms with Gasteiger partial charge in [0.15, 0.2) is 0 Å². The van der Waals surface area contributed by atoms with E-state index in [0.29, 0.717) is 0 Å². The van der Waals surface area contributed by atoms with E-state index >= 15 is 0 Å². The van der Waals surface area contributed by atoms with Gasteiger partial charge in [-0.05, 0) is 0 Å². The van der Waals surface area contributed by atoms with Crippen molar-refractivity contribution in [2.45, 2.75) is 0 Å². The molecule has 0 fully saturated rings. The maximum absolute atomic E-state index is 4.25. The van der Waals surface area contributed by atoms with Crippen LogP contribution in [0.4, 0.5) is 0 Å². The Morgan fingerprint density at radius 1 is 1.75 bits per heavy atom. The molecule has 0 aromatic carbocycles. The van der Waals surface area contributed by atoms with Gasteiger partial charge in [0.05, 0.1) is 0 Å². The number of hydrogen-bond acceptors (Lipinski definition) is 1. The summed E-state index contributed by atoms with van der Waals surface area (Å²) in [6, 6.07) is 0. The van der Waals surface area contributed by atoms with Gasteiger partial charge in [0, 0.05) is 0 Å². The van der Waals surface area contributed by atoms with Crippen LogP contribution in [0, 0.1) is 0 Å². The van der Waals surface area contributed by atoms with E-state index < -0.39 is 0 Å². The predicted molar refractivity (Wildman–Crippen MR) is 14.2 cm³/mol. The SMILES string of the molecule is [B]N=[CH-].[Na+]. The summed E-state index contributed by atoms with van der Waals surface area (Å²) in [5, 5.41) is 0. The van der Waals surface area contributed by atoms with Crippen LogP contribution in [-0.2, 0) is 0 Å². The summed E-state index contributed by atoms with van der Waals surface area (Å²) >= 11 is 0. The molecule has 3 heteroatoms. The molecule has 0 saturated heterocycles. The van der Waals surface area contributed by atoms with E-state index in [1.807, 2.05) is 0 Å². The van der Waals surface area contributed by atoms with Crippen molar-refractivity contribution in [3.63, 3.8) is 0 Å². The molecule has 0 bridgehead atoms. The third kappa shape index (κ3) is 15.2. The summed E-state index contributed by atoms with van der Waals surface area (Å²) in [6.45, 7) is 4.25. The molecule has 0 rings (SSSR count). The van der Waals surface area contributed by atoms with Crippen LogP contribution in [0.5, 0.6) is 0 Å². The van der Waals surface area contributed by atoms with Crippen LogP contribution in [0.2, 0.25) is 0 Å². The van der Waals surface area contributed by atoms with Crippen molar-refractivity contribution < 1.29 is 29.6 Å². The van der Waals surface area contributed by atoms with E-state index in [9.17, 15) is 0 Å². The maximum atomic E-state index is 4.25. The van der Waals surface area contributed by atoms with Gasteiger partial charge in [0.1, 0.15) is 0 Å². The minimum absolute atomic E-state index is 0. The van der Waals surface area contributed by atoms with Gasteiger partial charge in [-0.3, -0.25) is 0 Å². The summed E-state index contributed by atoms with van der Waals surface area (Å²) in [5.41, 5.74) is 0. The van der Waals surface area contributed by atoms with Gasteiger partial charge >= 0.3 is 29.6 Å². The van der Waals surface area contributed by atoms with Crippen molar-refractivity contribution in [3.8, 4) is 0 Å². The van der Waals surface area contributed by atoms with E-state index in [1.54, 1.807) is 0 Å². The molecule has 0 aromatic rings. The Balaban J connectivity index is 0. The van der Waals surface area contributed by atoms with Crippen LogP contribution in [-0.4, -0.2) is 14.7 Å². The summed E-state index contributed by atoms with van der Waals surface area (Å²) < 4.78 is 0. The first-order chi connectivity index (χ1) is 1.41. The monoisotopic (exact) mass is 61.0 g/mol. The zero-order valence-corrected chi connectivity index (χ0v) is 4.60. The number of hydrogen-bond donors (Lipinski definition) is 0. The second-order valence-electron chi connectivity index (χ2n) is 0.149. The average Bonchev–Trinajstić information content (AvgIpc) is 0.918. The normalized spacial score (nSPS) is 3.00. The number of rotatable bonds is 0. The quantitative estimate of drug-likeness (QED) is 0.158. The van der Waals surface area contributed by atoms with Gasteiger partial charge in [0.25, 0.3) is 0 Å². The minimum Gasteiger partial charge on any atom is -0.572 e. The largest absolute Gasteiger partial charge is 1.00 e. The molecule has 2 radical (unpaired) electrons. The van der Waals surface area contributed by atoms with E-state index in [1.165, 1.54) is 0 Å². The summed E-state index contributed by atoms with van der Waals surface area (Å²) in [5.74, 6) is 0. The van der Waals surface area contributed by atoms with Crippen LogP contribution in [0.25, 0.3) is 0 Å². The Bertz CT molecular complexity index is 15.5. The van der Waals surface area contributed by atoms with Gasteiger partial charge in [-0.25, -0.2) is 0 Å². The summed E-state index contributed by atoms with van der Waals surface area (Å²) in [7, 11) is 4.25. The van der Waals surface area contributed by atoms with Crippen LogP contribution in [0.3, 0.4) is 0 Å². The van der Waals surface area contributed by atoms with E-state index in [0.717, 1.165) is 0 Å². The van der Waals surface area contributed by atoms with Crippen molar-refractivity contribution in [2.75, 3.05) is 0 Å². The molecular formula is CHBNNa. The molecule has 0 amide bonds. The van der Waals surface area contributed by atoms with Gasteiger partial charge in [-0.15, -0.1) is 0 Å². The Morgan fingerprint density at radius 3 is 1.75 bits per heavy atom. The second-order valence-corrected chi connectivity index (χ2v) is 0.149. The van der Waals surface area contributed by atoms with Crippen LogP contribution in [0.1, 0.15) is 0 Å². The van der Waals surface area contributed by atoms with Gasteiger partial charge in [0.2, 0.25) is 7.98 Å². The molecule has 4 heavy (non-hydrogen) atoms. The smallest absolute Gasteiger partial charge is 0.572 e. The fourth-order valence-corrected chi connectivity index (χ4v) is 0. The topological polar surface area (TPSA) is 12.4 Å². The summed E-state index contributed by atoms with van der Waals surface area (Å²) in [4.78, 5) is 2.50.